The summed E-state index contributed by atoms with van der Waals surface area (Å²) in [6, 6.07) is 8.85. The van der Waals surface area contributed by atoms with Crippen LogP contribution in [0.1, 0.15) is 23.2 Å². The number of hydroxylamine groups is 1. The number of nitrogens with one attached hydrogen (secondary N) is 1. The minimum Gasteiger partial charge on any atom is -0.360 e. The molecular weight excluding hydrogens is 365 g/mol. The van der Waals surface area contributed by atoms with Crippen LogP contribution >= 0.6 is 23.2 Å². The fourth-order valence-electron chi connectivity index (χ4n) is 3.00. The Balaban J connectivity index is 1.89. The zero-order valence-corrected chi connectivity index (χ0v) is 15.8. The Morgan fingerprint density at radius 1 is 1.44 bits per heavy atom. The summed E-state index contributed by atoms with van der Waals surface area (Å²) in [4.78, 5) is 19.5. The molecule has 3 N–H and O–H groups in total. The van der Waals surface area contributed by atoms with Crippen LogP contribution in [0.15, 0.2) is 30.3 Å². The van der Waals surface area contributed by atoms with Gasteiger partial charge >= 0.3 is 0 Å². The van der Waals surface area contributed by atoms with E-state index in [0.29, 0.717) is 11.4 Å². The van der Waals surface area contributed by atoms with Crippen molar-refractivity contribution in [2.24, 2.45) is 11.7 Å². The third kappa shape index (κ3) is 5.06. The maximum Gasteiger partial charge on any atom is 0.274 e. The number of amides is 1. The highest BCUT2D eigenvalue weighted by Crippen LogP contribution is 2.37. The second kappa shape index (κ2) is 9.71. The molecule has 1 aliphatic rings. The largest absolute Gasteiger partial charge is 0.360 e. The van der Waals surface area contributed by atoms with Gasteiger partial charge in [0.25, 0.3) is 5.91 Å². The smallest absolute Gasteiger partial charge is 0.274 e. The summed E-state index contributed by atoms with van der Waals surface area (Å²) in [5.41, 5.74) is 9.28. The number of carbonyl (C=O) groups is 1. The zero-order chi connectivity index (χ0) is 18.3. The summed E-state index contributed by atoms with van der Waals surface area (Å²) in [6.45, 7) is 1.75. The number of nitrogens with two attached hydrogens (primary N) is 1. The van der Waals surface area contributed by atoms with Gasteiger partial charge < -0.3 is 10.5 Å². The molecule has 1 fully saturated rings. The van der Waals surface area contributed by atoms with Crippen molar-refractivity contribution in [3.05, 3.63) is 35.9 Å². The molecule has 1 amide bonds. The molecule has 140 valence electrons. The number of hydrogen-bond donors (Lipinski definition) is 2. The highest BCUT2D eigenvalue weighted by Gasteiger charge is 2.48. The van der Waals surface area contributed by atoms with E-state index in [4.69, 9.17) is 38.5 Å². The van der Waals surface area contributed by atoms with E-state index in [2.05, 4.69) is 10.4 Å². The molecule has 6 nitrogen and oxygen atoms in total. The average Bonchev–Trinajstić information content (AvgIpc) is 2.65. The number of halogens is 2. The van der Waals surface area contributed by atoms with Crippen LogP contribution in [0.3, 0.4) is 0 Å². The SMILES string of the molecule is COC1(Cl)C(CONC(=O)c2ccccc2)CCN(CCCCl)C1N. The summed E-state index contributed by atoms with van der Waals surface area (Å²) < 4.78 is 5.53. The second-order valence-electron chi connectivity index (χ2n) is 6.02. The van der Waals surface area contributed by atoms with E-state index in [1.165, 1.54) is 7.11 Å². The first-order valence-electron chi connectivity index (χ1n) is 8.29. The van der Waals surface area contributed by atoms with Crippen molar-refractivity contribution in [2.45, 2.75) is 24.1 Å². The molecule has 3 unspecified atom stereocenters. The highest BCUT2D eigenvalue weighted by molar-refractivity contribution is 6.23. The van der Waals surface area contributed by atoms with E-state index in [-0.39, 0.29) is 18.4 Å². The zero-order valence-electron chi connectivity index (χ0n) is 14.3. The Labute approximate surface area is 158 Å². The van der Waals surface area contributed by atoms with Crippen LogP contribution in [0.4, 0.5) is 0 Å². The molecule has 1 aromatic rings. The van der Waals surface area contributed by atoms with Gasteiger partial charge in [-0.15, -0.1) is 11.6 Å². The van der Waals surface area contributed by atoms with Crippen LogP contribution in [-0.2, 0) is 9.57 Å². The molecule has 8 heteroatoms. The van der Waals surface area contributed by atoms with Gasteiger partial charge in [-0.1, -0.05) is 29.8 Å². The van der Waals surface area contributed by atoms with Gasteiger partial charge in [-0.3, -0.25) is 14.5 Å². The third-order valence-corrected chi connectivity index (χ3v) is 5.45. The Morgan fingerprint density at radius 2 is 2.16 bits per heavy atom. The lowest BCUT2D eigenvalue weighted by Crippen LogP contribution is -2.64. The summed E-state index contributed by atoms with van der Waals surface area (Å²) in [5.74, 6) is 0.114. The summed E-state index contributed by atoms with van der Waals surface area (Å²) in [5, 5.41) is -1.08. The van der Waals surface area contributed by atoms with Crippen LogP contribution in [0.25, 0.3) is 0 Å². The fourth-order valence-corrected chi connectivity index (χ4v) is 3.43. The van der Waals surface area contributed by atoms with E-state index >= 15 is 0 Å². The number of hydrogen-bond acceptors (Lipinski definition) is 5. The molecule has 1 aliphatic heterocycles. The maximum atomic E-state index is 12.0. The number of nitrogens with zero attached hydrogens (tertiary/aromatic N) is 1. The number of likely N-dealkylation sites (tertiary alicyclic amines) is 1. The van der Waals surface area contributed by atoms with Crippen molar-refractivity contribution in [2.75, 3.05) is 32.7 Å². The molecule has 1 heterocycles. The predicted octanol–water partition coefficient (Wildman–Crippen LogP) is 2.17. The van der Waals surface area contributed by atoms with E-state index in [0.717, 1.165) is 25.9 Å². The summed E-state index contributed by atoms with van der Waals surface area (Å²) in [6.07, 6.45) is 1.10. The first-order chi connectivity index (χ1) is 12.0. The number of alkyl halides is 2. The molecule has 0 saturated carbocycles. The molecule has 0 spiro atoms. The molecule has 1 aromatic carbocycles. The van der Waals surface area contributed by atoms with Gasteiger partial charge in [0.2, 0.25) is 0 Å². The molecular formula is C17H25Cl2N3O3. The summed E-state index contributed by atoms with van der Waals surface area (Å²) in [7, 11) is 1.54. The number of piperidine rings is 1. The molecule has 0 bridgehead atoms. The van der Waals surface area contributed by atoms with Gasteiger partial charge in [-0.05, 0) is 25.0 Å². The van der Waals surface area contributed by atoms with Gasteiger partial charge in [-0.25, -0.2) is 5.48 Å². The molecule has 25 heavy (non-hydrogen) atoms. The van der Waals surface area contributed by atoms with E-state index in [9.17, 15) is 4.79 Å². The van der Waals surface area contributed by atoms with Gasteiger partial charge in [0, 0.05) is 37.6 Å². The minimum atomic E-state index is -1.08. The maximum absolute atomic E-state index is 12.0. The van der Waals surface area contributed by atoms with Crippen molar-refractivity contribution in [1.29, 1.82) is 0 Å². The van der Waals surface area contributed by atoms with Gasteiger partial charge in [-0.2, -0.15) is 0 Å². The number of rotatable bonds is 8. The topological polar surface area (TPSA) is 76.8 Å². The van der Waals surface area contributed by atoms with Gasteiger partial charge in [0.05, 0.1) is 6.61 Å². The lowest BCUT2D eigenvalue weighted by molar-refractivity contribution is -0.114. The number of methoxy groups -OCH3 is 1. The lowest BCUT2D eigenvalue weighted by Gasteiger charge is -2.48. The Morgan fingerprint density at radius 3 is 2.80 bits per heavy atom. The number of carbonyl (C=O) groups excluding carboxylic acids is 1. The third-order valence-electron chi connectivity index (χ3n) is 4.50. The lowest BCUT2D eigenvalue weighted by atomic mass is 9.91. The van der Waals surface area contributed by atoms with E-state index in [1.807, 2.05) is 6.07 Å². The molecule has 1 saturated heterocycles. The number of ether oxygens (including phenoxy) is 1. The Bertz CT molecular complexity index is 549. The Hall–Kier alpha value is -0.890. The molecule has 3 atom stereocenters. The summed E-state index contributed by atoms with van der Waals surface area (Å²) >= 11 is 12.4. The number of benzene rings is 1. The van der Waals surface area contributed by atoms with Gasteiger partial charge in [0.1, 0.15) is 6.17 Å². The standard InChI is InChI=1S/C17H25Cl2N3O3/c1-24-17(19)14(8-11-22(16(17)20)10-5-9-18)12-25-21-15(23)13-6-3-2-4-7-13/h2-4,6-7,14,16H,5,8-12,20H2,1H3,(H,21,23). The van der Waals surface area contributed by atoms with Crippen LogP contribution in [0.2, 0.25) is 0 Å². The monoisotopic (exact) mass is 389 g/mol. The van der Waals surface area contributed by atoms with Crippen LogP contribution in [0.5, 0.6) is 0 Å². The first kappa shape index (κ1) is 20.4. The first-order valence-corrected chi connectivity index (χ1v) is 9.21. The molecule has 0 aromatic heterocycles. The van der Waals surface area contributed by atoms with Crippen LogP contribution in [-0.4, -0.2) is 54.7 Å². The fraction of sp³-hybridized carbons (Fsp3) is 0.588. The van der Waals surface area contributed by atoms with Crippen molar-refractivity contribution in [1.82, 2.24) is 10.4 Å². The molecule has 0 aliphatic carbocycles. The molecule has 2 rings (SSSR count). The van der Waals surface area contributed by atoms with Gasteiger partial charge in [0.15, 0.2) is 5.06 Å². The van der Waals surface area contributed by atoms with Crippen LogP contribution in [0, 0.1) is 5.92 Å². The van der Waals surface area contributed by atoms with Crippen molar-refractivity contribution in [3.63, 3.8) is 0 Å². The van der Waals surface area contributed by atoms with E-state index < -0.39 is 11.2 Å². The minimum absolute atomic E-state index is 0.155. The van der Waals surface area contributed by atoms with Crippen molar-refractivity contribution in [3.8, 4) is 0 Å². The average molecular weight is 390 g/mol. The predicted molar refractivity (Wildman–Crippen MR) is 98.4 cm³/mol. The van der Waals surface area contributed by atoms with Crippen LogP contribution < -0.4 is 11.2 Å². The van der Waals surface area contributed by atoms with E-state index in [1.54, 1.807) is 24.3 Å². The highest BCUT2D eigenvalue weighted by atomic mass is 35.5. The normalized spacial score (nSPS) is 27.2. The van der Waals surface area contributed by atoms with Crippen molar-refractivity contribution >= 4 is 29.1 Å². The Kier molecular flexibility index (Phi) is 7.93. The molecule has 0 radical (unpaired) electrons. The second-order valence-corrected chi connectivity index (χ2v) is 6.99. The van der Waals surface area contributed by atoms with Crippen molar-refractivity contribution < 1.29 is 14.4 Å². The quantitative estimate of drug-likeness (QED) is 0.526.